The van der Waals surface area contributed by atoms with Crippen molar-refractivity contribution in [3.05, 3.63) is 28.8 Å². The summed E-state index contributed by atoms with van der Waals surface area (Å²) in [5, 5.41) is 0. The second-order valence-corrected chi connectivity index (χ2v) is 8.48. The van der Waals surface area contributed by atoms with E-state index >= 15 is 0 Å². The molecule has 134 valence electrons. The van der Waals surface area contributed by atoms with Crippen LogP contribution in [0.25, 0.3) is 0 Å². The van der Waals surface area contributed by atoms with E-state index in [1.807, 2.05) is 27.7 Å². The number of carbonyl (C=O) groups excluding carboxylic acids is 1. The zero-order valence-electron chi connectivity index (χ0n) is 16.2. The van der Waals surface area contributed by atoms with Crippen LogP contribution >= 0.6 is 0 Å². The Morgan fingerprint density at radius 2 is 2.00 bits per heavy atom. The van der Waals surface area contributed by atoms with Crippen LogP contribution in [0.1, 0.15) is 77.6 Å². The van der Waals surface area contributed by atoms with Crippen molar-refractivity contribution in [1.29, 1.82) is 0 Å². The maximum Gasteiger partial charge on any atom is 0.414 e. The molecule has 1 aliphatic rings. The van der Waals surface area contributed by atoms with Crippen LogP contribution in [-0.2, 0) is 16.6 Å². The molecule has 0 spiro atoms. The molecule has 0 aromatic heterocycles. The highest BCUT2D eigenvalue weighted by Crippen LogP contribution is 2.42. The van der Waals surface area contributed by atoms with Gasteiger partial charge in [-0.3, -0.25) is 4.90 Å². The van der Waals surface area contributed by atoms with Crippen LogP contribution in [0.15, 0.2) is 12.1 Å². The summed E-state index contributed by atoms with van der Waals surface area (Å²) in [5.74, 6) is 0. The summed E-state index contributed by atoms with van der Waals surface area (Å²) in [4.78, 5) is 14.5. The molecule has 1 aromatic rings. The fourth-order valence-electron chi connectivity index (χ4n) is 3.30. The maximum atomic E-state index is 12.7. The monoisotopic (exact) mass is 332 g/mol. The molecule has 1 heterocycles. The number of carbonyl (C=O) groups is 1. The number of benzene rings is 1. The first kappa shape index (κ1) is 18.8. The molecule has 4 heteroatoms. The van der Waals surface area contributed by atoms with Crippen LogP contribution in [0, 0.1) is 0 Å². The summed E-state index contributed by atoms with van der Waals surface area (Å²) in [6, 6.07) is 4.28. The quantitative estimate of drug-likeness (QED) is 0.854. The largest absolute Gasteiger partial charge is 0.443 e. The number of rotatable bonds is 2. The molecule has 2 N–H and O–H groups in total. The molecule has 1 amide bonds. The minimum Gasteiger partial charge on any atom is -0.443 e. The third-order valence-electron chi connectivity index (χ3n) is 4.72. The van der Waals surface area contributed by atoms with E-state index in [0.717, 1.165) is 24.1 Å². The van der Waals surface area contributed by atoms with Crippen molar-refractivity contribution in [3.8, 4) is 0 Å². The molecular weight excluding hydrogens is 300 g/mol. The molecule has 0 fully saturated rings. The number of fused-ring (bicyclic) bond motifs is 1. The SMILES string of the molecule is CCc1cc2c(cc1[C@@H](C)N)N(C(=O)OC(C)(C)C)CCC2(C)C. The second kappa shape index (κ2) is 6.40. The lowest BCUT2D eigenvalue weighted by molar-refractivity contribution is 0.0574. The van der Waals surface area contributed by atoms with Crippen LogP contribution in [0.5, 0.6) is 0 Å². The Morgan fingerprint density at radius 3 is 2.50 bits per heavy atom. The van der Waals surface area contributed by atoms with Crippen LogP contribution < -0.4 is 10.6 Å². The van der Waals surface area contributed by atoms with Crippen LogP contribution in [-0.4, -0.2) is 18.2 Å². The van der Waals surface area contributed by atoms with Gasteiger partial charge in [0.25, 0.3) is 0 Å². The molecule has 24 heavy (non-hydrogen) atoms. The Balaban J connectivity index is 2.55. The van der Waals surface area contributed by atoms with E-state index in [4.69, 9.17) is 10.5 Å². The predicted octanol–water partition coefficient (Wildman–Crippen LogP) is 4.69. The lowest BCUT2D eigenvalue weighted by Gasteiger charge is -2.40. The van der Waals surface area contributed by atoms with Gasteiger partial charge in [-0.15, -0.1) is 0 Å². The summed E-state index contributed by atoms with van der Waals surface area (Å²) < 4.78 is 5.61. The zero-order chi connectivity index (χ0) is 18.3. The Hall–Kier alpha value is -1.55. The molecule has 1 aromatic carbocycles. The summed E-state index contributed by atoms with van der Waals surface area (Å²) in [6.07, 6.45) is 1.58. The van der Waals surface area contributed by atoms with E-state index in [1.54, 1.807) is 4.90 Å². The molecule has 0 aliphatic carbocycles. The molecular formula is C20H32N2O2. The Bertz CT molecular complexity index is 627. The third-order valence-corrected chi connectivity index (χ3v) is 4.72. The summed E-state index contributed by atoms with van der Waals surface area (Å²) >= 11 is 0. The van der Waals surface area contributed by atoms with Gasteiger partial charge < -0.3 is 10.5 Å². The van der Waals surface area contributed by atoms with Gasteiger partial charge in [0.15, 0.2) is 0 Å². The standard InChI is InChI=1S/C20H32N2O2/c1-8-14-11-16-17(12-15(14)13(2)21)22(10-9-20(16,6)7)18(23)24-19(3,4)5/h11-13H,8-10,21H2,1-7H3/t13-/m1/s1. The molecule has 0 bridgehead atoms. The molecule has 1 atom stereocenters. The van der Waals surface area contributed by atoms with E-state index in [1.165, 1.54) is 11.1 Å². The number of ether oxygens (including phenoxy) is 1. The number of anilines is 1. The minimum atomic E-state index is -0.502. The molecule has 2 rings (SSSR count). The number of aryl methyl sites for hydroxylation is 1. The summed E-state index contributed by atoms with van der Waals surface area (Å²) in [7, 11) is 0. The van der Waals surface area contributed by atoms with Crippen molar-refractivity contribution >= 4 is 11.8 Å². The van der Waals surface area contributed by atoms with Crippen LogP contribution in [0.4, 0.5) is 10.5 Å². The number of nitrogens with zero attached hydrogens (tertiary/aromatic N) is 1. The number of hydrogen-bond acceptors (Lipinski definition) is 3. The van der Waals surface area contributed by atoms with Gasteiger partial charge in [0.2, 0.25) is 0 Å². The molecule has 0 saturated carbocycles. The second-order valence-electron chi connectivity index (χ2n) is 8.48. The minimum absolute atomic E-state index is 0.0358. The van der Waals surface area contributed by atoms with E-state index < -0.39 is 5.60 Å². The predicted molar refractivity (Wildman–Crippen MR) is 99.6 cm³/mol. The first-order chi connectivity index (χ1) is 11.0. The van der Waals surface area contributed by atoms with Crippen molar-refractivity contribution in [2.75, 3.05) is 11.4 Å². The molecule has 1 aliphatic heterocycles. The van der Waals surface area contributed by atoms with Gasteiger partial charge in [-0.2, -0.15) is 0 Å². The van der Waals surface area contributed by atoms with Gasteiger partial charge >= 0.3 is 6.09 Å². The first-order valence-corrected chi connectivity index (χ1v) is 8.89. The van der Waals surface area contributed by atoms with E-state index in [2.05, 4.69) is 32.9 Å². The molecule has 4 nitrogen and oxygen atoms in total. The fourth-order valence-corrected chi connectivity index (χ4v) is 3.30. The smallest absolute Gasteiger partial charge is 0.414 e. The van der Waals surface area contributed by atoms with Gasteiger partial charge in [0, 0.05) is 12.6 Å². The van der Waals surface area contributed by atoms with Gasteiger partial charge in [0.1, 0.15) is 5.60 Å². The van der Waals surface area contributed by atoms with Gasteiger partial charge in [-0.05, 0) is 68.7 Å². The number of nitrogens with two attached hydrogens (primary N) is 1. The first-order valence-electron chi connectivity index (χ1n) is 8.89. The highest BCUT2D eigenvalue weighted by molar-refractivity contribution is 5.90. The van der Waals surface area contributed by atoms with Crippen LogP contribution in [0.3, 0.4) is 0 Å². The molecule has 0 unspecified atom stereocenters. The van der Waals surface area contributed by atoms with E-state index in [9.17, 15) is 4.79 Å². The van der Waals surface area contributed by atoms with Crippen molar-refractivity contribution in [2.24, 2.45) is 5.73 Å². The highest BCUT2D eigenvalue weighted by atomic mass is 16.6. The fraction of sp³-hybridized carbons (Fsp3) is 0.650. The van der Waals surface area contributed by atoms with Crippen molar-refractivity contribution in [2.45, 2.75) is 78.4 Å². The average Bonchev–Trinajstić information content (AvgIpc) is 2.44. The highest BCUT2D eigenvalue weighted by Gasteiger charge is 2.36. The number of amides is 1. The van der Waals surface area contributed by atoms with Crippen LogP contribution in [0.2, 0.25) is 0 Å². The number of hydrogen-bond donors (Lipinski definition) is 1. The summed E-state index contributed by atoms with van der Waals surface area (Å²) in [6.45, 7) is 15.0. The van der Waals surface area contributed by atoms with Gasteiger partial charge in [0.05, 0.1) is 5.69 Å². The zero-order valence-corrected chi connectivity index (χ0v) is 16.2. The Labute approximate surface area is 146 Å². The van der Waals surface area contributed by atoms with E-state index in [-0.39, 0.29) is 17.6 Å². The molecule has 0 saturated heterocycles. The Morgan fingerprint density at radius 1 is 1.38 bits per heavy atom. The van der Waals surface area contributed by atoms with Gasteiger partial charge in [-0.25, -0.2) is 4.79 Å². The van der Waals surface area contributed by atoms with Crippen molar-refractivity contribution in [1.82, 2.24) is 0 Å². The topological polar surface area (TPSA) is 55.6 Å². The maximum absolute atomic E-state index is 12.7. The summed E-state index contributed by atoms with van der Waals surface area (Å²) in [5.41, 5.74) is 10.3. The Kier molecular flexibility index (Phi) is 5.01. The lowest BCUT2D eigenvalue weighted by Crippen LogP contribution is -2.43. The van der Waals surface area contributed by atoms with E-state index in [0.29, 0.717) is 6.54 Å². The molecule has 0 radical (unpaired) electrons. The third kappa shape index (κ3) is 3.75. The average molecular weight is 332 g/mol. The van der Waals surface area contributed by atoms with Crippen molar-refractivity contribution < 1.29 is 9.53 Å². The van der Waals surface area contributed by atoms with Gasteiger partial charge in [-0.1, -0.05) is 26.8 Å². The lowest BCUT2D eigenvalue weighted by atomic mass is 9.76. The normalized spacial score (nSPS) is 18.1. The van der Waals surface area contributed by atoms with Crippen molar-refractivity contribution in [3.63, 3.8) is 0 Å².